The lowest BCUT2D eigenvalue weighted by Gasteiger charge is -2.42. The quantitative estimate of drug-likeness (QED) is 0.918. The lowest BCUT2D eigenvalue weighted by molar-refractivity contribution is -0.188. The van der Waals surface area contributed by atoms with Crippen molar-refractivity contribution >= 4 is 0 Å². The normalized spacial score (nSPS) is 29.1. The molecule has 3 rings (SSSR count). The van der Waals surface area contributed by atoms with Crippen LogP contribution in [0.4, 0.5) is 0 Å². The van der Waals surface area contributed by atoms with E-state index in [0.29, 0.717) is 12.1 Å². The van der Waals surface area contributed by atoms with Gasteiger partial charge in [-0.25, -0.2) is 4.98 Å². The Kier molecular flexibility index (Phi) is 3.84. The molecule has 1 aliphatic heterocycles. The van der Waals surface area contributed by atoms with Crippen molar-refractivity contribution in [2.45, 2.75) is 57.9 Å². The summed E-state index contributed by atoms with van der Waals surface area (Å²) >= 11 is 0. The second kappa shape index (κ2) is 5.47. The number of likely N-dealkylation sites (N-methyl/N-ethyl adjacent to an activating group) is 1. The number of rotatable bonds is 3. The molecule has 112 valence electrons. The minimum Gasteiger partial charge on any atom is -0.347 e. The van der Waals surface area contributed by atoms with Crippen LogP contribution in [0.2, 0.25) is 0 Å². The van der Waals surface area contributed by atoms with Crippen LogP contribution in [-0.4, -0.2) is 41.1 Å². The molecule has 1 saturated heterocycles. The minimum atomic E-state index is -0.360. The van der Waals surface area contributed by atoms with Gasteiger partial charge in [0.25, 0.3) is 0 Å². The second-order valence-corrected chi connectivity index (χ2v) is 5.90. The monoisotopic (exact) mass is 279 g/mol. The molecule has 2 heterocycles. The molecule has 2 atom stereocenters. The van der Waals surface area contributed by atoms with Crippen LogP contribution in [0, 0.1) is 13.8 Å². The van der Waals surface area contributed by atoms with Crippen molar-refractivity contribution in [2.24, 2.45) is 0 Å². The average Bonchev–Trinajstić information content (AvgIpc) is 3.02. The predicted molar refractivity (Wildman–Crippen MR) is 76.7 cm³/mol. The second-order valence-electron chi connectivity index (χ2n) is 5.90. The zero-order chi connectivity index (χ0) is 14.2. The van der Waals surface area contributed by atoms with E-state index in [-0.39, 0.29) is 5.79 Å². The van der Waals surface area contributed by atoms with Gasteiger partial charge < -0.3 is 19.4 Å². The number of nitrogens with one attached hydrogen (secondary N) is 1. The highest BCUT2D eigenvalue weighted by Crippen LogP contribution is 2.41. The van der Waals surface area contributed by atoms with Gasteiger partial charge in [0, 0.05) is 24.6 Å². The van der Waals surface area contributed by atoms with Gasteiger partial charge in [-0.3, -0.25) is 0 Å². The fourth-order valence-electron chi connectivity index (χ4n) is 3.53. The van der Waals surface area contributed by atoms with Gasteiger partial charge in [0.1, 0.15) is 0 Å². The maximum atomic E-state index is 5.92. The first-order chi connectivity index (χ1) is 9.65. The van der Waals surface area contributed by atoms with E-state index in [1.165, 1.54) is 5.69 Å². The van der Waals surface area contributed by atoms with Gasteiger partial charge in [-0.1, -0.05) is 6.92 Å². The van der Waals surface area contributed by atoms with Gasteiger partial charge >= 0.3 is 0 Å². The summed E-state index contributed by atoms with van der Waals surface area (Å²) in [7, 11) is 0. The lowest BCUT2D eigenvalue weighted by atomic mass is 9.85. The van der Waals surface area contributed by atoms with E-state index in [1.807, 2.05) is 6.33 Å². The average molecular weight is 279 g/mol. The molecule has 0 bridgehead atoms. The molecule has 0 radical (unpaired) electrons. The van der Waals surface area contributed by atoms with E-state index < -0.39 is 0 Å². The van der Waals surface area contributed by atoms with Crippen molar-refractivity contribution in [3.8, 4) is 0 Å². The molecule has 0 amide bonds. The maximum Gasteiger partial charge on any atom is 0.170 e. The number of aromatic nitrogens is 2. The smallest absolute Gasteiger partial charge is 0.170 e. The highest BCUT2D eigenvalue weighted by Gasteiger charge is 2.45. The largest absolute Gasteiger partial charge is 0.347 e. The number of hydrogen-bond donors (Lipinski definition) is 1. The van der Waals surface area contributed by atoms with E-state index >= 15 is 0 Å². The summed E-state index contributed by atoms with van der Waals surface area (Å²) in [6.07, 6.45) is 4.93. The van der Waals surface area contributed by atoms with Crippen LogP contribution in [0.15, 0.2) is 6.33 Å². The van der Waals surface area contributed by atoms with Crippen LogP contribution in [0.5, 0.6) is 0 Å². The van der Waals surface area contributed by atoms with E-state index in [4.69, 9.17) is 9.47 Å². The van der Waals surface area contributed by atoms with Crippen molar-refractivity contribution in [3.63, 3.8) is 0 Å². The molecule has 0 aromatic carbocycles. The van der Waals surface area contributed by atoms with Crippen molar-refractivity contribution in [2.75, 3.05) is 19.8 Å². The SMILES string of the molecule is CCNC1CCC2(CC1n1cnc(C)c1C)OCCO2. The third-order valence-corrected chi connectivity index (χ3v) is 4.74. The summed E-state index contributed by atoms with van der Waals surface area (Å²) in [5.74, 6) is -0.360. The van der Waals surface area contributed by atoms with Crippen LogP contribution in [0.25, 0.3) is 0 Å². The Balaban J connectivity index is 1.87. The third kappa shape index (κ3) is 2.38. The van der Waals surface area contributed by atoms with E-state index in [0.717, 1.165) is 44.7 Å². The molecule has 20 heavy (non-hydrogen) atoms. The van der Waals surface area contributed by atoms with Gasteiger partial charge in [-0.15, -0.1) is 0 Å². The van der Waals surface area contributed by atoms with E-state index in [2.05, 4.69) is 35.6 Å². The molecule has 1 aromatic heterocycles. The number of imidazole rings is 1. The van der Waals surface area contributed by atoms with Crippen molar-refractivity contribution in [1.29, 1.82) is 0 Å². The zero-order valence-electron chi connectivity index (χ0n) is 12.7. The van der Waals surface area contributed by atoms with Gasteiger partial charge in [-0.2, -0.15) is 0 Å². The molecule has 5 heteroatoms. The standard InChI is InChI=1S/C15H25N3O2/c1-4-16-13-5-6-15(19-7-8-20-15)9-14(13)18-10-17-11(2)12(18)3/h10,13-14,16H,4-9H2,1-3H3. The Bertz CT molecular complexity index is 466. The minimum absolute atomic E-state index is 0.350. The van der Waals surface area contributed by atoms with Crippen LogP contribution in [0.3, 0.4) is 0 Å². The first kappa shape index (κ1) is 14.0. The van der Waals surface area contributed by atoms with Gasteiger partial charge in [0.15, 0.2) is 5.79 Å². The Labute approximate surface area is 120 Å². The van der Waals surface area contributed by atoms with Crippen LogP contribution < -0.4 is 5.32 Å². The molecule has 1 saturated carbocycles. The van der Waals surface area contributed by atoms with Crippen molar-refractivity contribution in [3.05, 3.63) is 17.7 Å². The Morgan fingerprint density at radius 3 is 2.75 bits per heavy atom. The first-order valence-corrected chi connectivity index (χ1v) is 7.66. The predicted octanol–water partition coefficient (Wildman–Crippen LogP) is 1.95. The summed E-state index contributed by atoms with van der Waals surface area (Å²) < 4.78 is 14.1. The first-order valence-electron chi connectivity index (χ1n) is 7.66. The summed E-state index contributed by atoms with van der Waals surface area (Å²) in [6, 6.07) is 0.814. The van der Waals surface area contributed by atoms with Crippen molar-refractivity contribution in [1.82, 2.24) is 14.9 Å². The molecule has 1 aliphatic carbocycles. The fourth-order valence-corrected chi connectivity index (χ4v) is 3.53. The van der Waals surface area contributed by atoms with Crippen LogP contribution in [0.1, 0.15) is 43.6 Å². The Hall–Kier alpha value is -0.910. The molecule has 2 aliphatic rings. The molecule has 1 N–H and O–H groups in total. The van der Waals surface area contributed by atoms with Crippen LogP contribution >= 0.6 is 0 Å². The summed E-state index contributed by atoms with van der Waals surface area (Å²) in [5, 5.41) is 3.62. The Morgan fingerprint density at radius 2 is 2.15 bits per heavy atom. The highest BCUT2D eigenvalue weighted by atomic mass is 16.7. The number of nitrogens with zero attached hydrogens (tertiary/aromatic N) is 2. The molecule has 2 unspecified atom stereocenters. The van der Waals surface area contributed by atoms with E-state index in [1.54, 1.807) is 0 Å². The summed E-state index contributed by atoms with van der Waals surface area (Å²) in [4.78, 5) is 4.45. The Morgan fingerprint density at radius 1 is 1.40 bits per heavy atom. The summed E-state index contributed by atoms with van der Waals surface area (Å²) in [6.45, 7) is 8.80. The topological polar surface area (TPSA) is 48.3 Å². The zero-order valence-corrected chi connectivity index (χ0v) is 12.7. The molecular weight excluding hydrogens is 254 g/mol. The molecule has 1 spiro atoms. The molecular formula is C15H25N3O2. The summed E-state index contributed by atoms with van der Waals surface area (Å²) in [5.41, 5.74) is 2.35. The number of ether oxygens (including phenoxy) is 2. The van der Waals surface area contributed by atoms with Crippen LogP contribution in [-0.2, 0) is 9.47 Å². The van der Waals surface area contributed by atoms with E-state index in [9.17, 15) is 0 Å². The lowest BCUT2D eigenvalue weighted by Crippen LogP contribution is -2.48. The molecule has 5 nitrogen and oxygen atoms in total. The van der Waals surface area contributed by atoms with Crippen molar-refractivity contribution < 1.29 is 9.47 Å². The number of hydrogen-bond acceptors (Lipinski definition) is 4. The fraction of sp³-hybridized carbons (Fsp3) is 0.800. The number of aryl methyl sites for hydroxylation is 1. The third-order valence-electron chi connectivity index (χ3n) is 4.74. The van der Waals surface area contributed by atoms with Gasteiger partial charge in [0.05, 0.1) is 31.3 Å². The molecule has 2 fully saturated rings. The highest BCUT2D eigenvalue weighted by molar-refractivity contribution is 5.12. The molecule has 1 aromatic rings. The maximum absolute atomic E-state index is 5.92. The van der Waals surface area contributed by atoms with Gasteiger partial charge in [0.2, 0.25) is 0 Å². The van der Waals surface area contributed by atoms with Gasteiger partial charge in [-0.05, 0) is 26.8 Å².